The SMILES string of the molecule is O=C1OC(c2ccccc2)=N/C1=C/C1=Cc2ccccc2OC1. The van der Waals surface area contributed by atoms with Gasteiger partial charge in [-0.3, -0.25) is 0 Å². The van der Waals surface area contributed by atoms with E-state index < -0.39 is 5.97 Å². The van der Waals surface area contributed by atoms with Crippen molar-refractivity contribution in [1.29, 1.82) is 0 Å². The molecule has 0 radical (unpaired) electrons. The second-order valence-electron chi connectivity index (χ2n) is 5.25. The summed E-state index contributed by atoms with van der Waals surface area (Å²) >= 11 is 0. The minimum Gasteiger partial charge on any atom is -0.488 e. The number of carbonyl (C=O) groups excluding carboxylic acids is 1. The van der Waals surface area contributed by atoms with Gasteiger partial charge in [0.1, 0.15) is 12.4 Å². The number of nitrogens with zero attached hydrogens (tertiary/aromatic N) is 1. The third-order valence-corrected chi connectivity index (χ3v) is 3.62. The molecule has 0 bridgehead atoms. The van der Waals surface area contributed by atoms with Gasteiger partial charge in [-0.1, -0.05) is 36.4 Å². The molecule has 23 heavy (non-hydrogen) atoms. The van der Waals surface area contributed by atoms with Crippen molar-refractivity contribution in [3.05, 3.63) is 83.1 Å². The standard InChI is InChI=1S/C19H13NO3/c21-19-16(20-18(23-19)14-6-2-1-3-7-14)11-13-10-15-8-4-5-9-17(15)22-12-13/h1-11H,12H2/b16-11+. The van der Waals surface area contributed by atoms with Crippen LogP contribution >= 0.6 is 0 Å². The number of benzene rings is 2. The van der Waals surface area contributed by atoms with Crippen molar-refractivity contribution in [2.45, 2.75) is 0 Å². The van der Waals surface area contributed by atoms with Gasteiger partial charge < -0.3 is 9.47 Å². The molecule has 0 fully saturated rings. The van der Waals surface area contributed by atoms with Crippen LogP contribution in [0.15, 0.2) is 76.9 Å². The van der Waals surface area contributed by atoms with E-state index in [0.29, 0.717) is 12.5 Å². The van der Waals surface area contributed by atoms with E-state index in [-0.39, 0.29) is 5.70 Å². The number of ether oxygens (including phenoxy) is 2. The summed E-state index contributed by atoms with van der Waals surface area (Å²) in [5.41, 5.74) is 2.94. The minimum atomic E-state index is -0.441. The first-order chi connectivity index (χ1) is 11.3. The lowest BCUT2D eigenvalue weighted by molar-refractivity contribution is -0.130. The van der Waals surface area contributed by atoms with Gasteiger partial charge in [0.25, 0.3) is 0 Å². The zero-order chi connectivity index (χ0) is 15.6. The Morgan fingerprint density at radius 2 is 1.78 bits per heavy atom. The third-order valence-electron chi connectivity index (χ3n) is 3.62. The van der Waals surface area contributed by atoms with Crippen LogP contribution in [0.4, 0.5) is 0 Å². The zero-order valence-electron chi connectivity index (χ0n) is 12.2. The van der Waals surface area contributed by atoms with E-state index in [1.807, 2.05) is 60.7 Å². The first-order valence-electron chi connectivity index (χ1n) is 7.30. The molecule has 2 heterocycles. The van der Waals surface area contributed by atoms with Crippen molar-refractivity contribution in [2.75, 3.05) is 6.61 Å². The molecule has 2 aliphatic heterocycles. The van der Waals surface area contributed by atoms with Crippen LogP contribution in [0.2, 0.25) is 0 Å². The van der Waals surface area contributed by atoms with Crippen LogP contribution in [-0.4, -0.2) is 18.5 Å². The Kier molecular flexibility index (Phi) is 3.27. The maximum Gasteiger partial charge on any atom is 0.363 e. The Bertz CT molecular complexity index is 863. The molecule has 2 aromatic carbocycles. The highest BCUT2D eigenvalue weighted by Crippen LogP contribution is 2.27. The number of esters is 1. The van der Waals surface area contributed by atoms with Gasteiger partial charge in [-0.05, 0) is 35.9 Å². The van der Waals surface area contributed by atoms with Crippen LogP contribution in [0.25, 0.3) is 6.08 Å². The lowest BCUT2D eigenvalue weighted by Crippen LogP contribution is -2.07. The fourth-order valence-electron chi connectivity index (χ4n) is 2.51. The fourth-order valence-corrected chi connectivity index (χ4v) is 2.51. The highest BCUT2D eigenvalue weighted by molar-refractivity contribution is 6.11. The molecule has 0 amide bonds. The van der Waals surface area contributed by atoms with Crippen LogP contribution in [0.5, 0.6) is 5.75 Å². The second-order valence-corrected chi connectivity index (χ2v) is 5.25. The molecule has 0 N–H and O–H groups in total. The zero-order valence-corrected chi connectivity index (χ0v) is 12.2. The van der Waals surface area contributed by atoms with Crippen LogP contribution in [-0.2, 0) is 9.53 Å². The van der Waals surface area contributed by atoms with Crippen molar-refractivity contribution < 1.29 is 14.3 Å². The number of cyclic esters (lactones) is 1. The Morgan fingerprint density at radius 1 is 1.00 bits per heavy atom. The normalized spacial score (nSPS) is 17.9. The maximum absolute atomic E-state index is 12.0. The van der Waals surface area contributed by atoms with E-state index in [0.717, 1.165) is 22.4 Å². The molecule has 0 unspecified atom stereocenters. The lowest BCUT2D eigenvalue weighted by Gasteiger charge is -2.15. The van der Waals surface area contributed by atoms with E-state index in [4.69, 9.17) is 9.47 Å². The molecule has 4 nitrogen and oxygen atoms in total. The Hall–Kier alpha value is -3.14. The molecule has 0 aromatic heterocycles. The quantitative estimate of drug-likeness (QED) is 0.631. The Balaban J connectivity index is 1.66. The predicted octanol–water partition coefficient (Wildman–Crippen LogP) is 3.35. The summed E-state index contributed by atoms with van der Waals surface area (Å²) in [4.78, 5) is 16.3. The maximum atomic E-state index is 12.0. The van der Waals surface area contributed by atoms with Crippen LogP contribution in [0, 0.1) is 0 Å². The van der Waals surface area contributed by atoms with Gasteiger partial charge in [0.2, 0.25) is 5.90 Å². The second kappa shape index (κ2) is 5.57. The van der Waals surface area contributed by atoms with Gasteiger partial charge in [0.15, 0.2) is 5.70 Å². The smallest absolute Gasteiger partial charge is 0.363 e. The number of hydrogen-bond donors (Lipinski definition) is 0. The molecule has 0 spiro atoms. The molecule has 0 saturated carbocycles. The average Bonchev–Trinajstić information content (AvgIpc) is 2.96. The predicted molar refractivity (Wildman–Crippen MR) is 87.1 cm³/mol. The average molecular weight is 303 g/mol. The summed E-state index contributed by atoms with van der Waals surface area (Å²) < 4.78 is 10.9. The summed E-state index contributed by atoms with van der Waals surface area (Å²) in [7, 11) is 0. The molecule has 2 aliphatic rings. The number of rotatable bonds is 2. The van der Waals surface area contributed by atoms with Gasteiger partial charge in [-0.2, -0.15) is 0 Å². The number of hydrogen-bond acceptors (Lipinski definition) is 4. The monoisotopic (exact) mass is 303 g/mol. The van der Waals surface area contributed by atoms with Crippen molar-refractivity contribution >= 4 is 17.9 Å². The molecule has 2 aromatic rings. The lowest BCUT2D eigenvalue weighted by atomic mass is 10.1. The van der Waals surface area contributed by atoms with Crippen LogP contribution in [0.1, 0.15) is 11.1 Å². The van der Waals surface area contributed by atoms with E-state index >= 15 is 0 Å². The molecule has 112 valence electrons. The van der Waals surface area contributed by atoms with E-state index in [9.17, 15) is 4.79 Å². The number of carbonyl (C=O) groups is 1. The summed E-state index contributed by atoms with van der Waals surface area (Å²) in [5, 5.41) is 0. The minimum absolute atomic E-state index is 0.290. The summed E-state index contributed by atoms with van der Waals surface area (Å²) in [5.74, 6) is 0.736. The van der Waals surface area contributed by atoms with Gasteiger partial charge in [-0.15, -0.1) is 0 Å². The summed E-state index contributed by atoms with van der Waals surface area (Å²) in [6.07, 6.45) is 3.71. The van der Waals surface area contributed by atoms with Gasteiger partial charge in [-0.25, -0.2) is 9.79 Å². The van der Waals surface area contributed by atoms with Crippen molar-refractivity contribution in [2.24, 2.45) is 4.99 Å². The third kappa shape index (κ3) is 2.66. The van der Waals surface area contributed by atoms with Crippen molar-refractivity contribution in [3.8, 4) is 5.75 Å². The number of para-hydroxylation sites is 1. The largest absolute Gasteiger partial charge is 0.488 e. The topological polar surface area (TPSA) is 47.9 Å². The molecule has 0 atom stereocenters. The first-order valence-corrected chi connectivity index (χ1v) is 7.30. The van der Waals surface area contributed by atoms with Crippen molar-refractivity contribution in [1.82, 2.24) is 0 Å². The van der Waals surface area contributed by atoms with E-state index in [1.165, 1.54) is 0 Å². The molecule has 0 saturated heterocycles. The van der Waals surface area contributed by atoms with E-state index in [1.54, 1.807) is 6.08 Å². The van der Waals surface area contributed by atoms with Gasteiger partial charge in [0.05, 0.1) is 0 Å². The van der Waals surface area contributed by atoms with Crippen molar-refractivity contribution in [3.63, 3.8) is 0 Å². The first kappa shape index (κ1) is 13.5. The van der Waals surface area contributed by atoms with Crippen LogP contribution in [0.3, 0.4) is 0 Å². The fraction of sp³-hybridized carbons (Fsp3) is 0.0526. The number of aliphatic imine (C=N–C) groups is 1. The highest BCUT2D eigenvalue weighted by atomic mass is 16.6. The number of fused-ring (bicyclic) bond motifs is 1. The molecule has 4 rings (SSSR count). The molecular formula is C19H13NO3. The molecular weight excluding hydrogens is 290 g/mol. The summed E-state index contributed by atoms with van der Waals surface area (Å²) in [6.45, 7) is 0.407. The highest BCUT2D eigenvalue weighted by Gasteiger charge is 2.24. The van der Waals surface area contributed by atoms with E-state index in [2.05, 4.69) is 4.99 Å². The summed E-state index contributed by atoms with van der Waals surface area (Å²) in [6, 6.07) is 17.1. The molecule has 4 heteroatoms. The Morgan fingerprint density at radius 3 is 2.65 bits per heavy atom. The Labute approximate surface area is 133 Å². The van der Waals surface area contributed by atoms with Crippen LogP contribution < -0.4 is 4.74 Å². The van der Waals surface area contributed by atoms with Gasteiger partial charge in [0, 0.05) is 11.1 Å². The molecule has 0 aliphatic carbocycles. The van der Waals surface area contributed by atoms with Gasteiger partial charge >= 0.3 is 5.97 Å².